The fourth-order valence-corrected chi connectivity index (χ4v) is 6.02. The van der Waals surface area contributed by atoms with Crippen LogP contribution in [0.25, 0.3) is 0 Å². The molecule has 2 saturated heterocycles. The van der Waals surface area contributed by atoms with Gasteiger partial charge in [-0.2, -0.15) is 4.98 Å². The zero-order chi connectivity index (χ0) is 30.7. The first kappa shape index (κ1) is 33.4. The van der Waals surface area contributed by atoms with Gasteiger partial charge in [0.25, 0.3) is 0 Å². The minimum absolute atomic E-state index is 0.0773. The molecule has 19 heteroatoms. The number of aliphatic hydroxyl groups excluding tert-OH is 7. The summed E-state index contributed by atoms with van der Waals surface area (Å²) >= 11 is 0. The van der Waals surface area contributed by atoms with Gasteiger partial charge in [0.15, 0.2) is 6.23 Å². The molecule has 0 aliphatic carbocycles. The number of nitrogens with zero attached hydrogens (tertiary/aromatic N) is 2. The van der Waals surface area contributed by atoms with Gasteiger partial charge in [0, 0.05) is 19.5 Å². The minimum atomic E-state index is -4.51. The molecule has 2 aliphatic rings. The molecule has 0 saturated carbocycles. The Bertz CT molecular complexity index is 1160. The summed E-state index contributed by atoms with van der Waals surface area (Å²) < 4.78 is 30.1. The Morgan fingerprint density at radius 3 is 2.59 bits per heavy atom. The molecule has 41 heavy (non-hydrogen) atoms. The standard InChI is InChI=1S/C22H37N4O14P/c1-10(29)24-15-11(30)6-22(9-28,40-19(15)16(32)12(31)7-27)3-5-41(36,37)38-8-13-17(33)18(34)20(39-13)26-4-2-14(23)25-21(26)35/h2,4,11-13,15-20,27-28,30-34H,3,5-9H2,1H3,(H,24,29)(H,36,37)(H2,23,25,35)/t11-,12+,13+,15+,16+,17+,18+,19+,20+,22-/m0/s1. The maximum absolute atomic E-state index is 12.8. The second kappa shape index (κ2) is 13.5. The predicted octanol–water partition coefficient (Wildman–Crippen LogP) is -4.86. The Kier molecular flexibility index (Phi) is 11.0. The SMILES string of the molecule is CC(=O)N[C@H]1[C@H]([C@H](O)[C@H](O)CO)O[C@@](CO)(CCP(=O)(O)OC[C@H]2O[C@@H](n3ccc(N)nc3=O)[C@H](O)[C@@H]2O)C[C@@H]1O. The summed E-state index contributed by atoms with van der Waals surface area (Å²) in [6.45, 7) is -1.24. The van der Waals surface area contributed by atoms with E-state index in [2.05, 4.69) is 10.3 Å². The Labute approximate surface area is 233 Å². The summed E-state index contributed by atoms with van der Waals surface area (Å²) in [5, 5.41) is 73.6. The first-order valence-corrected chi connectivity index (χ1v) is 14.4. The Morgan fingerprint density at radius 2 is 2.00 bits per heavy atom. The van der Waals surface area contributed by atoms with Crippen molar-refractivity contribution in [3.63, 3.8) is 0 Å². The highest BCUT2D eigenvalue weighted by molar-refractivity contribution is 7.52. The minimum Gasteiger partial charge on any atom is -0.394 e. The number of anilines is 1. The van der Waals surface area contributed by atoms with Gasteiger partial charge in [0.05, 0.1) is 43.7 Å². The van der Waals surface area contributed by atoms with E-state index in [1.807, 2.05) is 0 Å². The number of hydrogen-bond donors (Lipinski definition) is 10. The predicted molar refractivity (Wildman–Crippen MR) is 136 cm³/mol. The van der Waals surface area contributed by atoms with E-state index in [1.165, 1.54) is 12.3 Å². The third-order valence-corrected chi connectivity index (χ3v) is 8.41. The summed E-state index contributed by atoms with van der Waals surface area (Å²) in [4.78, 5) is 37.7. The molecule has 11 N–H and O–H groups in total. The van der Waals surface area contributed by atoms with Gasteiger partial charge in [-0.05, 0) is 12.5 Å². The van der Waals surface area contributed by atoms with E-state index in [4.69, 9.17) is 19.7 Å². The van der Waals surface area contributed by atoms with E-state index in [0.29, 0.717) is 0 Å². The van der Waals surface area contributed by atoms with Gasteiger partial charge in [-0.1, -0.05) is 0 Å². The van der Waals surface area contributed by atoms with Crippen LogP contribution >= 0.6 is 7.60 Å². The zero-order valence-corrected chi connectivity index (χ0v) is 22.9. The molecular formula is C22H37N4O14P. The number of nitrogen functional groups attached to an aromatic ring is 1. The summed E-state index contributed by atoms with van der Waals surface area (Å²) in [7, 11) is -4.51. The number of rotatable bonds is 12. The van der Waals surface area contributed by atoms with Gasteiger partial charge in [0.1, 0.15) is 42.4 Å². The number of carbonyl (C=O) groups is 1. The topological polar surface area (TPSA) is 297 Å². The lowest BCUT2D eigenvalue weighted by atomic mass is 9.82. The number of nitrogens with one attached hydrogen (secondary N) is 1. The van der Waals surface area contributed by atoms with E-state index < -0.39 is 112 Å². The second-order valence-corrected chi connectivity index (χ2v) is 12.1. The van der Waals surface area contributed by atoms with Crippen LogP contribution in [-0.2, 0) is 23.4 Å². The van der Waals surface area contributed by atoms with Crippen molar-refractivity contribution in [2.45, 2.75) is 80.4 Å². The van der Waals surface area contributed by atoms with E-state index in [0.717, 1.165) is 11.5 Å². The maximum Gasteiger partial charge on any atom is 0.351 e. The van der Waals surface area contributed by atoms with Crippen molar-refractivity contribution >= 4 is 19.3 Å². The third-order valence-electron chi connectivity index (χ3n) is 7.07. The van der Waals surface area contributed by atoms with Crippen LogP contribution in [0.4, 0.5) is 5.82 Å². The van der Waals surface area contributed by atoms with Crippen molar-refractivity contribution in [3.05, 3.63) is 22.7 Å². The number of amides is 1. The summed E-state index contributed by atoms with van der Waals surface area (Å²) in [5.41, 5.74) is 2.85. The van der Waals surface area contributed by atoms with Gasteiger partial charge >= 0.3 is 13.3 Å². The largest absolute Gasteiger partial charge is 0.394 e. The molecule has 2 aliphatic heterocycles. The lowest BCUT2D eigenvalue weighted by molar-refractivity contribution is -0.232. The molecule has 0 spiro atoms. The number of ether oxygens (including phenoxy) is 2. The highest BCUT2D eigenvalue weighted by Gasteiger charge is 2.51. The van der Waals surface area contributed by atoms with Crippen LogP contribution in [-0.4, -0.2) is 136 Å². The van der Waals surface area contributed by atoms with Crippen molar-refractivity contribution in [1.82, 2.24) is 14.9 Å². The highest BCUT2D eigenvalue weighted by atomic mass is 31.2. The first-order chi connectivity index (χ1) is 19.1. The summed E-state index contributed by atoms with van der Waals surface area (Å²) in [5.74, 6) is -0.675. The van der Waals surface area contributed by atoms with Crippen LogP contribution in [0.15, 0.2) is 17.1 Å². The maximum atomic E-state index is 12.8. The van der Waals surface area contributed by atoms with Crippen molar-refractivity contribution in [2.75, 3.05) is 31.7 Å². The van der Waals surface area contributed by atoms with Crippen molar-refractivity contribution in [2.24, 2.45) is 0 Å². The lowest BCUT2D eigenvalue weighted by Crippen LogP contribution is -2.66. The lowest BCUT2D eigenvalue weighted by Gasteiger charge is -2.48. The first-order valence-electron chi connectivity index (χ1n) is 12.7. The number of nitrogens with two attached hydrogens (primary N) is 1. The summed E-state index contributed by atoms with van der Waals surface area (Å²) in [6, 6.07) is 0.0215. The fraction of sp³-hybridized carbons (Fsp3) is 0.773. The van der Waals surface area contributed by atoms with E-state index in [1.54, 1.807) is 0 Å². The Morgan fingerprint density at radius 1 is 1.32 bits per heavy atom. The Hall–Kier alpha value is -2.06. The molecule has 0 bridgehead atoms. The van der Waals surface area contributed by atoms with Gasteiger partial charge in [-0.25, -0.2) is 4.79 Å². The van der Waals surface area contributed by atoms with E-state index >= 15 is 0 Å². The zero-order valence-electron chi connectivity index (χ0n) is 22.0. The van der Waals surface area contributed by atoms with Crippen LogP contribution < -0.4 is 16.7 Å². The Balaban J connectivity index is 1.67. The summed E-state index contributed by atoms with van der Waals surface area (Å²) in [6.07, 6.45) is -12.7. The molecule has 234 valence electrons. The highest BCUT2D eigenvalue weighted by Crippen LogP contribution is 2.47. The van der Waals surface area contributed by atoms with Crippen LogP contribution in [0, 0.1) is 0 Å². The monoisotopic (exact) mass is 612 g/mol. The molecule has 1 amide bonds. The van der Waals surface area contributed by atoms with Crippen molar-refractivity contribution in [1.29, 1.82) is 0 Å². The van der Waals surface area contributed by atoms with Gasteiger partial charge < -0.3 is 65.7 Å². The molecule has 1 aromatic rings. The number of carbonyl (C=O) groups excluding carboxylic acids is 1. The molecular weight excluding hydrogens is 575 g/mol. The number of aromatic nitrogens is 2. The molecule has 11 atom stereocenters. The molecule has 0 radical (unpaired) electrons. The average Bonchev–Trinajstić information content (AvgIpc) is 3.19. The fourth-order valence-electron chi connectivity index (χ4n) is 4.82. The van der Waals surface area contributed by atoms with E-state index in [-0.39, 0.29) is 12.2 Å². The number of hydrogen-bond acceptors (Lipinski definition) is 15. The molecule has 0 aromatic carbocycles. The quantitative estimate of drug-likeness (QED) is 0.0990. The van der Waals surface area contributed by atoms with Crippen LogP contribution in [0.1, 0.15) is 26.0 Å². The molecule has 3 heterocycles. The van der Waals surface area contributed by atoms with Crippen LogP contribution in [0.3, 0.4) is 0 Å². The van der Waals surface area contributed by atoms with Crippen molar-refractivity contribution in [3.8, 4) is 0 Å². The average molecular weight is 613 g/mol. The van der Waals surface area contributed by atoms with Crippen LogP contribution in [0.5, 0.6) is 0 Å². The van der Waals surface area contributed by atoms with Gasteiger partial charge in [0.2, 0.25) is 5.91 Å². The molecule has 18 nitrogen and oxygen atoms in total. The van der Waals surface area contributed by atoms with Crippen molar-refractivity contribution < 1.29 is 64.0 Å². The third kappa shape index (κ3) is 7.86. The molecule has 2 fully saturated rings. The van der Waals surface area contributed by atoms with Gasteiger partial charge in [-0.3, -0.25) is 13.9 Å². The normalized spacial score (nSPS) is 35.0. The van der Waals surface area contributed by atoms with Crippen LogP contribution in [0.2, 0.25) is 0 Å². The van der Waals surface area contributed by atoms with Gasteiger partial charge in [-0.15, -0.1) is 0 Å². The smallest absolute Gasteiger partial charge is 0.351 e. The van der Waals surface area contributed by atoms with E-state index in [9.17, 15) is 54.8 Å². The number of aliphatic hydroxyl groups is 7. The molecule has 1 aromatic heterocycles. The molecule has 3 rings (SSSR count). The second-order valence-electron chi connectivity index (χ2n) is 10.2. The molecule has 1 unspecified atom stereocenters.